The van der Waals surface area contributed by atoms with Crippen LogP contribution in [-0.2, 0) is 16.0 Å². The minimum absolute atomic E-state index is 0.0127. The predicted octanol–water partition coefficient (Wildman–Crippen LogP) is 2.06. The molecule has 1 rings (SSSR count). The highest BCUT2D eigenvalue weighted by Gasteiger charge is 2.12. The molecule has 0 amide bonds. The minimum Gasteiger partial charge on any atom is -0.300 e. The molecule has 0 radical (unpaired) electrons. The van der Waals surface area contributed by atoms with E-state index in [0.717, 1.165) is 6.07 Å². The monoisotopic (exact) mass is 212 g/mol. The van der Waals surface area contributed by atoms with Gasteiger partial charge >= 0.3 is 0 Å². The second kappa shape index (κ2) is 4.77. The highest BCUT2D eigenvalue weighted by molar-refractivity contribution is 5.98. The summed E-state index contributed by atoms with van der Waals surface area (Å²) in [5.74, 6) is -2.69. The second-order valence-electron chi connectivity index (χ2n) is 3.31. The molecule has 0 heterocycles. The molecule has 0 bridgehead atoms. The maximum atomic E-state index is 13.1. The molecule has 0 atom stereocenters. The zero-order valence-corrected chi connectivity index (χ0v) is 8.22. The number of benzene rings is 1. The molecule has 15 heavy (non-hydrogen) atoms. The quantitative estimate of drug-likeness (QED) is 0.716. The molecule has 0 fully saturated rings. The van der Waals surface area contributed by atoms with Crippen LogP contribution in [0.5, 0.6) is 0 Å². The smallest absolute Gasteiger partial charge is 0.162 e. The average molecular weight is 212 g/mol. The van der Waals surface area contributed by atoms with Gasteiger partial charge in [0.1, 0.15) is 11.6 Å². The van der Waals surface area contributed by atoms with Gasteiger partial charge in [-0.25, -0.2) is 8.78 Å². The largest absolute Gasteiger partial charge is 0.300 e. The predicted molar refractivity (Wildman–Crippen MR) is 50.4 cm³/mol. The first-order valence-electron chi connectivity index (χ1n) is 4.44. The summed E-state index contributed by atoms with van der Waals surface area (Å²) < 4.78 is 25.8. The molecule has 2 nitrogen and oxygen atoms in total. The number of ketones is 2. The van der Waals surface area contributed by atoms with Crippen LogP contribution in [0.15, 0.2) is 18.2 Å². The molecule has 80 valence electrons. The van der Waals surface area contributed by atoms with Crippen molar-refractivity contribution in [2.45, 2.75) is 19.8 Å². The van der Waals surface area contributed by atoms with Crippen LogP contribution in [0.2, 0.25) is 0 Å². The van der Waals surface area contributed by atoms with Crippen molar-refractivity contribution in [3.63, 3.8) is 0 Å². The van der Waals surface area contributed by atoms with E-state index in [1.54, 1.807) is 0 Å². The minimum atomic E-state index is -1.02. The van der Waals surface area contributed by atoms with E-state index in [2.05, 4.69) is 0 Å². The van der Waals surface area contributed by atoms with Crippen LogP contribution in [0.25, 0.3) is 0 Å². The van der Waals surface area contributed by atoms with Gasteiger partial charge < -0.3 is 0 Å². The Morgan fingerprint density at radius 3 is 2.53 bits per heavy atom. The van der Waals surface area contributed by atoms with E-state index in [4.69, 9.17) is 0 Å². The molecule has 0 aliphatic rings. The molecule has 0 aromatic heterocycles. The third-order valence-corrected chi connectivity index (χ3v) is 1.87. The Balaban J connectivity index is 2.77. The number of carbonyl (C=O) groups excluding carboxylic acids is 2. The van der Waals surface area contributed by atoms with Crippen LogP contribution in [-0.4, -0.2) is 11.6 Å². The lowest BCUT2D eigenvalue weighted by atomic mass is 10.1. The maximum absolute atomic E-state index is 13.1. The normalized spacial score (nSPS) is 10.1. The van der Waals surface area contributed by atoms with E-state index in [1.807, 2.05) is 0 Å². The summed E-state index contributed by atoms with van der Waals surface area (Å²) in [4.78, 5) is 21.8. The van der Waals surface area contributed by atoms with Gasteiger partial charge in [0.2, 0.25) is 0 Å². The molecule has 0 aliphatic carbocycles. The van der Waals surface area contributed by atoms with Gasteiger partial charge in [-0.05, 0) is 18.6 Å². The molecule has 0 saturated heterocycles. The molecule has 0 unspecified atom stereocenters. The van der Waals surface area contributed by atoms with Gasteiger partial charge in [0.15, 0.2) is 11.6 Å². The van der Waals surface area contributed by atoms with Crippen LogP contribution >= 0.6 is 0 Å². The molecule has 0 saturated carbocycles. The van der Waals surface area contributed by atoms with Crippen molar-refractivity contribution in [1.29, 1.82) is 0 Å². The van der Waals surface area contributed by atoms with Crippen molar-refractivity contribution in [2.75, 3.05) is 0 Å². The van der Waals surface area contributed by atoms with E-state index in [9.17, 15) is 18.4 Å². The molecule has 1 aromatic rings. The van der Waals surface area contributed by atoms with Crippen molar-refractivity contribution >= 4 is 11.6 Å². The number of Topliss-reactive ketones (excluding diaryl/α,β-unsaturated/α-hetero) is 2. The lowest BCUT2D eigenvalue weighted by molar-refractivity contribution is -0.125. The molecule has 0 spiro atoms. The summed E-state index contributed by atoms with van der Waals surface area (Å²) in [6.45, 7) is 1.28. The van der Waals surface area contributed by atoms with Crippen molar-refractivity contribution in [1.82, 2.24) is 0 Å². The molecule has 4 heteroatoms. The summed E-state index contributed by atoms with van der Waals surface area (Å²) in [6.07, 6.45) is -0.487. The Kier molecular flexibility index (Phi) is 3.66. The SMILES string of the molecule is CC(=O)CC(=O)Cc1cccc(F)c1F. The summed E-state index contributed by atoms with van der Waals surface area (Å²) in [7, 11) is 0. The van der Waals surface area contributed by atoms with Gasteiger partial charge in [0.25, 0.3) is 0 Å². The van der Waals surface area contributed by atoms with Gasteiger partial charge in [-0.1, -0.05) is 12.1 Å². The van der Waals surface area contributed by atoms with Crippen LogP contribution in [0, 0.1) is 11.6 Å². The first-order chi connectivity index (χ1) is 7.00. The topological polar surface area (TPSA) is 34.1 Å². The number of rotatable bonds is 4. The first-order valence-corrected chi connectivity index (χ1v) is 4.44. The molecule has 0 aliphatic heterocycles. The van der Waals surface area contributed by atoms with Crippen molar-refractivity contribution in [2.24, 2.45) is 0 Å². The van der Waals surface area contributed by atoms with Gasteiger partial charge in [-0.15, -0.1) is 0 Å². The van der Waals surface area contributed by atoms with Crippen molar-refractivity contribution in [3.05, 3.63) is 35.4 Å². The molecule has 1 aromatic carbocycles. The lowest BCUT2D eigenvalue weighted by Crippen LogP contribution is -2.09. The van der Waals surface area contributed by atoms with Crippen LogP contribution in [0.1, 0.15) is 18.9 Å². The average Bonchev–Trinajstić information content (AvgIpc) is 2.11. The molecular weight excluding hydrogens is 202 g/mol. The van der Waals surface area contributed by atoms with E-state index in [0.29, 0.717) is 0 Å². The summed E-state index contributed by atoms with van der Waals surface area (Å²) >= 11 is 0. The van der Waals surface area contributed by atoms with Gasteiger partial charge in [0.05, 0.1) is 6.42 Å². The third-order valence-electron chi connectivity index (χ3n) is 1.87. The zero-order chi connectivity index (χ0) is 11.4. The zero-order valence-electron chi connectivity index (χ0n) is 8.22. The number of carbonyl (C=O) groups is 2. The second-order valence-corrected chi connectivity index (χ2v) is 3.31. The Labute approximate surface area is 85.9 Å². The molecular formula is C11H10F2O2. The van der Waals surface area contributed by atoms with Crippen molar-refractivity contribution in [3.8, 4) is 0 Å². The highest BCUT2D eigenvalue weighted by Crippen LogP contribution is 2.12. The first kappa shape index (κ1) is 11.5. The summed E-state index contributed by atoms with van der Waals surface area (Å²) in [6, 6.07) is 3.64. The number of hydrogen-bond acceptors (Lipinski definition) is 2. The van der Waals surface area contributed by atoms with Crippen LogP contribution in [0.4, 0.5) is 8.78 Å². The van der Waals surface area contributed by atoms with E-state index >= 15 is 0 Å². The van der Waals surface area contributed by atoms with Gasteiger partial charge in [-0.3, -0.25) is 9.59 Å². The Bertz CT molecular complexity index is 400. The van der Waals surface area contributed by atoms with Gasteiger partial charge in [0, 0.05) is 6.42 Å². The third kappa shape index (κ3) is 3.23. The lowest BCUT2D eigenvalue weighted by Gasteiger charge is -2.01. The van der Waals surface area contributed by atoms with E-state index in [-0.39, 0.29) is 24.2 Å². The fraction of sp³-hybridized carbons (Fsp3) is 0.273. The summed E-state index contributed by atoms with van der Waals surface area (Å²) in [5.41, 5.74) is -0.0127. The van der Waals surface area contributed by atoms with Crippen LogP contribution in [0.3, 0.4) is 0 Å². The van der Waals surface area contributed by atoms with Gasteiger partial charge in [-0.2, -0.15) is 0 Å². The Morgan fingerprint density at radius 2 is 1.93 bits per heavy atom. The summed E-state index contributed by atoms with van der Waals surface area (Å²) in [5, 5.41) is 0. The fourth-order valence-electron chi connectivity index (χ4n) is 1.24. The Hall–Kier alpha value is -1.58. The Morgan fingerprint density at radius 1 is 1.27 bits per heavy atom. The van der Waals surface area contributed by atoms with Crippen molar-refractivity contribution < 1.29 is 18.4 Å². The number of hydrogen-bond donors (Lipinski definition) is 0. The maximum Gasteiger partial charge on any atom is 0.162 e. The number of halogens is 2. The van der Waals surface area contributed by atoms with Crippen LogP contribution < -0.4 is 0 Å². The fourth-order valence-corrected chi connectivity index (χ4v) is 1.24. The standard InChI is InChI=1S/C11H10F2O2/c1-7(14)5-9(15)6-8-3-2-4-10(12)11(8)13/h2-4H,5-6H2,1H3. The van der Waals surface area contributed by atoms with E-state index in [1.165, 1.54) is 19.1 Å². The molecule has 0 N–H and O–H groups in total. The highest BCUT2D eigenvalue weighted by atomic mass is 19.2. The van der Waals surface area contributed by atoms with E-state index < -0.39 is 17.4 Å².